The van der Waals surface area contributed by atoms with Crippen LogP contribution in [0.3, 0.4) is 0 Å². The van der Waals surface area contributed by atoms with Gasteiger partial charge in [0.25, 0.3) is 0 Å². The Balaban J connectivity index is 1.94. The van der Waals surface area contributed by atoms with Crippen molar-refractivity contribution in [3.05, 3.63) is 35.2 Å². The largest absolute Gasteiger partial charge is 0.480 e. The van der Waals surface area contributed by atoms with Crippen LogP contribution in [0.2, 0.25) is 0 Å². The number of carboxylic acids is 1. The summed E-state index contributed by atoms with van der Waals surface area (Å²) in [5.74, 6) is -0.195. The Kier molecular flexibility index (Phi) is 4.18. The minimum atomic E-state index is -1.08. The first-order valence-corrected chi connectivity index (χ1v) is 6.67. The van der Waals surface area contributed by atoms with Gasteiger partial charge in [-0.25, -0.2) is 4.98 Å². The van der Waals surface area contributed by atoms with Crippen LogP contribution in [-0.2, 0) is 11.2 Å². The van der Waals surface area contributed by atoms with Crippen LogP contribution in [0.25, 0.3) is 0 Å². The summed E-state index contributed by atoms with van der Waals surface area (Å²) in [7, 11) is 0. The number of carboxylic acid groups (broad SMARTS) is 1. The number of hydrogen-bond acceptors (Lipinski definition) is 6. The summed E-state index contributed by atoms with van der Waals surface area (Å²) in [5, 5.41) is 14.3. The molecule has 102 valence electrons. The lowest BCUT2D eigenvalue weighted by Gasteiger charge is -2.10. The molecular formula is C12H15N3O3S. The SMILES string of the molecule is CC(Cc1ccco1)Nc1nc(C(N)C(=O)O)cs1. The molecule has 4 N–H and O–H groups in total. The summed E-state index contributed by atoms with van der Waals surface area (Å²) in [4.78, 5) is 14.9. The number of hydrogen-bond donors (Lipinski definition) is 3. The fraction of sp³-hybridized carbons (Fsp3) is 0.333. The molecule has 0 aromatic carbocycles. The van der Waals surface area contributed by atoms with Crippen molar-refractivity contribution in [2.45, 2.75) is 25.4 Å². The maximum Gasteiger partial charge on any atom is 0.326 e. The van der Waals surface area contributed by atoms with Crippen LogP contribution < -0.4 is 11.1 Å². The molecule has 0 saturated heterocycles. The van der Waals surface area contributed by atoms with Crippen LogP contribution in [0.4, 0.5) is 5.13 Å². The molecule has 2 aromatic rings. The molecule has 0 aliphatic heterocycles. The van der Waals surface area contributed by atoms with Gasteiger partial charge in [0.2, 0.25) is 0 Å². The van der Waals surface area contributed by atoms with E-state index in [2.05, 4.69) is 10.3 Å². The lowest BCUT2D eigenvalue weighted by molar-refractivity contribution is -0.138. The quantitative estimate of drug-likeness (QED) is 0.747. The number of nitrogens with one attached hydrogen (secondary N) is 1. The molecule has 7 heteroatoms. The summed E-state index contributed by atoms with van der Waals surface area (Å²) in [6.45, 7) is 2.00. The number of anilines is 1. The molecule has 0 aliphatic carbocycles. The van der Waals surface area contributed by atoms with Gasteiger partial charge in [-0.3, -0.25) is 4.79 Å². The zero-order chi connectivity index (χ0) is 13.8. The summed E-state index contributed by atoms with van der Waals surface area (Å²) in [5.41, 5.74) is 5.86. The molecule has 0 saturated carbocycles. The van der Waals surface area contributed by atoms with Crippen molar-refractivity contribution in [3.63, 3.8) is 0 Å². The Morgan fingerprint density at radius 3 is 3.11 bits per heavy atom. The van der Waals surface area contributed by atoms with Crippen LogP contribution in [0, 0.1) is 0 Å². The number of furan rings is 1. The van der Waals surface area contributed by atoms with E-state index in [0.717, 1.165) is 12.2 Å². The second kappa shape index (κ2) is 5.85. The van der Waals surface area contributed by atoms with Gasteiger partial charge < -0.3 is 20.6 Å². The molecule has 0 bridgehead atoms. The topological polar surface area (TPSA) is 101 Å². The van der Waals surface area contributed by atoms with E-state index in [1.165, 1.54) is 11.3 Å². The summed E-state index contributed by atoms with van der Waals surface area (Å²) in [6, 6.07) is 2.81. The van der Waals surface area contributed by atoms with Crippen LogP contribution in [-0.4, -0.2) is 22.1 Å². The van der Waals surface area contributed by atoms with Crippen molar-refractivity contribution in [1.82, 2.24) is 4.98 Å². The zero-order valence-electron chi connectivity index (χ0n) is 10.4. The number of aliphatic carboxylic acids is 1. The van der Waals surface area contributed by atoms with E-state index >= 15 is 0 Å². The Morgan fingerprint density at radius 2 is 2.47 bits per heavy atom. The van der Waals surface area contributed by atoms with Crippen LogP contribution >= 0.6 is 11.3 Å². The summed E-state index contributed by atoms with van der Waals surface area (Å²) in [6.07, 6.45) is 2.36. The van der Waals surface area contributed by atoms with Crippen LogP contribution in [0.15, 0.2) is 28.2 Å². The highest BCUT2D eigenvalue weighted by Gasteiger charge is 2.18. The second-order valence-electron chi connectivity index (χ2n) is 4.22. The molecule has 2 aromatic heterocycles. The molecule has 2 atom stereocenters. The number of rotatable bonds is 6. The predicted molar refractivity (Wildman–Crippen MR) is 72.2 cm³/mol. The van der Waals surface area contributed by atoms with Crippen LogP contribution in [0.5, 0.6) is 0 Å². The van der Waals surface area contributed by atoms with Gasteiger partial charge in [0.15, 0.2) is 5.13 Å². The molecule has 19 heavy (non-hydrogen) atoms. The molecule has 0 amide bonds. The summed E-state index contributed by atoms with van der Waals surface area (Å²) >= 11 is 1.34. The lowest BCUT2D eigenvalue weighted by atomic mass is 10.2. The van der Waals surface area contributed by atoms with Gasteiger partial charge in [-0.05, 0) is 19.1 Å². The maximum absolute atomic E-state index is 10.7. The second-order valence-corrected chi connectivity index (χ2v) is 5.08. The highest BCUT2D eigenvalue weighted by Crippen LogP contribution is 2.21. The molecule has 2 heterocycles. The molecule has 2 unspecified atom stereocenters. The molecule has 2 rings (SSSR count). The maximum atomic E-state index is 10.7. The van der Waals surface area contributed by atoms with E-state index in [-0.39, 0.29) is 6.04 Å². The highest BCUT2D eigenvalue weighted by molar-refractivity contribution is 7.13. The van der Waals surface area contributed by atoms with Crippen molar-refractivity contribution in [2.24, 2.45) is 5.73 Å². The minimum Gasteiger partial charge on any atom is -0.480 e. The molecule has 0 fully saturated rings. The molecule has 0 radical (unpaired) electrons. The smallest absolute Gasteiger partial charge is 0.326 e. The van der Waals surface area contributed by atoms with E-state index in [4.69, 9.17) is 15.3 Å². The molecule has 0 aliphatic rings. The van der Waals surface area contributed by atoms with Gasteiger partial charge >= 0.3 is 5.97 Å². The third-order valence-corrected chi connectivity index (χ3v) is 3.36. The van der Waals surface area contributed by atoms with Crippen molar-refractivity contribution < 1.29 is 14.3 Å². The normalized spacial score (nSPS) is 14.0. The first-order chi connectivity index (χ1) is 9.06. The van der Waals surface area contributed by atoms with Gasteiger partial charge in [-0.1, -0.05) is 0 Å². The Morgan fingerprint density at radius 1 is 1.68 bits per heavy atom. The molecule has 0 spiro atoms. The zero-order valence-corrected chi connectivity index (χ0v) is 11.2. The number of thiazole rings is 1. The van der Waals surface area contributed by atoms with Gasteiger partial charge in [0, 0.05) is 17.8 Å². The van der Waals surface area contributed by atoms with Crippen molar-refractivity contribution in [1.29, 1.82) is 0 Å². The fourth-order valence-electron chi connectivity index (χ4n) is 1.61. The minimum absolute atomic E-state index is 0.131. The predicted octanol–water partition coefficient (Wildman–Crippen LogP) is 1.86. The number of carbonyl (C=O) groups is 1. The molecule has 6 nitrogen and oxygen atoms in total. The number of nitrogens with zero attached hydrogens (tertiary/aromatic N) is 1. The third-order valence-electron chi connectivity index (χ3n) is 2.56. The lowest BCUT2D eigenvalue weighted by Crippen LogP contribution is -2.21. The average molecular weight is 281 g/mol. The van der Waals surface area contributed by atoms with Gasteiger partial charge in [-0.15, -0.1) is 11.3 Å². The van der Waals surface area contributed by atoms with Crippen LogP contribution in [0.1, 0.15) is 24.4 Å². The van der Waals surface area contributed by atoms with E-state index in [9.17, 15) is 4.79 Å². The van der Waals surface area contributed by atoms with E-state index in [1.54, 1.807) is 11.6 Å². The first kappa shape index (κ1) is 13.6. The van der Waals surface area contributed by atoms with Gasteiger partial charge in [0.1, 0.15) is 11.8 Å². The van der Waals surface area contributed by atoms with Gasteiger partial charge in [-0.2, -0.15) is 0 Å². The van der Waals surface area contributed by atoms with Crippen molar-refractivity contribution in [3.8, 4) is 0 Å². The average Bonchev–Trinajstić information content (AvgIpc) is 2.99. The molecular weight excluding hydrogens is 266 g/mol. The Bertz CT molecular complexity index is 538. The van der Waals surface area contributed by atoms with Crippen molar-refractivity contribution >= 4 is 22.4 Å². The summed E-state index contributed by atoms with van der Waals surface area (Å²) < 4.78 is 5.26. The van der Waals surface area contributed by atoms with E-state index in [1.807, 2.05) is 19.1 Å². The van der Waals surface area contributed by atoms with Gasteiger partial charge in [0.05, 0.1) is 12.0 Å². The van der Waals surface area contributed by atoms with E-state index < -0.39 is 12.0 Å². The van der Waals surface area contributed by atoms with E-state index in [0.29, 0.717) is 10.8 Å². The number of aromatic nitrogens is 1. The monoisotopic (exact) mass is 281 g/mol. The Hall–Kier alpha value is -1.86. The Labute approximate surface area is 114 Å². The highest BCUT2D eigenvalue weighted by atomic mass is 32.1. The first-order valence-electron chi connectivity index (χ1n) is 5.79. The standard InChI is InChI=1S/C12H15N3O3S/c1-7(5-8-3-2-4-18-8)14-12-15-9(6-19-12)10(13)11(16)17/h2-4,6-7,10H,5,13H2,1H3,(H,14,15)(H,16,17). The third kappa shape index (κ3) is 3.55. The van der Waals surface area contributed by atoms with Crippen molar-refractivity contribution in [2.75, 3.05) is 5.32 Å². The number of nitrogens with two attached hydrogens (primary N) is 1. The fourth-order valence-corrected chi connectivity index (χ4v) is 2.47.